The van der Waals surface area contributed by atoms with Crippen molar-refractivity contribution in [2.24, 2.45) is 0 Å². The Bertz CT molecular complexity index is 1170. The minimum Gasteiger partial charge on any atom is -0.493 e. The minimum absolute atomic E-state index is 0.101. The molecule has 8 nitrogen and oxygen atoms in total. The molecule has 9 heteroatoms. The third-order valence-electron chi connectivity index (χ3n) is 4.61. The van der Waals surface area contributed by atoms with Crippen molar-refractivity contribution < 1.29 is 19.0 Å². The van der Waals surface area contributed by atoms with E-state index in [4.69, 9.17) is 14.2 Å². The number of hydrogen-bond donors (Lipinski definition) is 0. The normalized spacial score (nSPS) is 10.7. The largest absolute Gasteiger partial charge is 0.493 e. The minimum atomic E-state index is -0.394. The smallest absolute Gasteiger partial charge is 0.338 e. The highest BCUT2D eigenvalue weighted by Gasteiger charge is 2.12. The van der Waals surface area contributed by atoms with Gasteiger partial charge in [0, 0.05) is 10.9 Å². The molecule has 0 spiro atoms. The summed E-state index contributed by atoms with van der Waals surface area (Å²) >= 11 is 1.48. The van der Waals surface area contributed by atoms with E-state index in [9.17, 15) is 4.79 Å². The van der Waals surface area contributed by atoms with Gasteiger partial charge in [0.15, 0.2) is 11.5 Å². The van der Waals surface area contributed by atoms with E-state index in [1.165, 1.54) is 17.7 Å². The second-order valence-electron chi connectivity index (χ2n) is 6.81. The number of aromatic nitrogens is 4. The fourth-order valence-corrected chi connectivity index (χ4v) is 3.85. The zero-order valence-electron chi connectivity index (χ0n) is 17.7. The Balaban J connectivity index is 1.36. The number of thiazole rings is 1. The maximum absolute atomic E-state index is 12.4. The Labute approximate surface area is 189 Å². The summed E-state index contributed by atoms with van der Waals surface area (Å²) in [5.41, 5.74) is 3.10. The number of ether oxygens (including phenoxy) is 3. The van der Waals surface area contributed by atoms with Gasteiger partial charge in [-0.3, -0.25) is 0 Å². The maximum atomic E-state index is 12.4. The number of carbonyl (C=O) groups is 1. The van der Waals surface area contributed by atoms with Gasteiger partial charge in [-0.15, -0.1) is 11.3 Å². The summed E-state index contributed by atoms with van der Waals surface area (Å²) in [6, 6.07) is 12.9. The molecule has 4 aromatic rings. The monoisotopic (exact) mass is 450 g/mol. The number of carbonyl (C=O) groups excluding carboxylic acids is 1. The first kappa shape index (κ1) is 21.5. The molecule has 0 aliphatic carbocycles. The van der Waals surface area contributed by atoms with Crippen molar-refractivity contribution in [3.63, 3.8) is 0 Å². The molecule has 2 heterocycles. The number of benzene rings is 2. The second kappa shape index (κ2) is 10.1. The van der Waals surface area contributed by atoms with E-state index >= 15 is 0 Å². The average Bonchev–Trinajstić information content (AvgIpc) is 3.51. The molecule has 0 N–H and O–H groups in total. The van der Waals surface area contributed by atoms with Crippen LogP contribution in [0.4, 0.5) is 0 Å². The lowest BCUT2D eigenvalue weighted by atomic mass is 10.1. The summed E-state index contributed by atoms with van der Waals surface area (Å²) in [5.74, 6) is 0.950. The zero-order chi connectivity index (χ0) is 22.3. The fraction of sp³-hybridized carbons (Fsp3) is 0.217. The highest BCUT2D eigenvalue weighted by molar-refractivity contribution is 7.13. The van der Waals surface area contributed by atoms with E-state index in [2.05, 4.69) is 15.1 Å². The van der Waals surface area contributed by atoms with Gasteiger partial charge >= 0.3 is 5.97 Å². The molecule has 4 rings (SSSR count). The van der Waals surface area contributed by atoms with Gasteiger partial charge in [0.05, 0.1) is 31.5 Å². The van der Waals surface area contributed by atoms with Crippen molar-refractivity contribution >= 4 is 17.3 Å². The molecular formula is C23H22N4O4S. The molecule has 0 saturated heterocycles. The van der Waals surface area contributed by atoms with Gasteiger partial charge in [-0.25, -0.2) is 19.4 Å². The Morgan fingerprint density at radius 3 is 2.69 bits per heavy atom. The Morgan fingerprint density at radius 2 is 1.97 bits per heavy atom. The van der Waals surface area contributed by atoms with Crippen LogP contribution in [-0.4, -0.2) is 39.4 Å². The molecule has 0 aliphatic heterocycles. The Morgan fingerprint density at radius 1 is 1.12 bits per heavy atom. The summed E-state index contributed by atoms with van der Waals surface area (Å²) in [6.07, 6.45) is 3.13. The van der Waals surface area contributed by atoms with Crippen molar-refractivity contribution in [3.8, 4) is 22.1 Å². The molecule has 2 aromatic heterocycles. The van der Waals surface area contributed by atoms with Crippen molar-refractivity contribution in [1.29, 1.82) is 0 Å². The molecule has 0 bridgehead atoms. The van der Waals surface area contributed by atoms with E-state index < -0.39 is 5.97 Å². The third-order valence-corrected chi connectivity index (χ3v) is 5.55. The number of methoxy groups -OCH3 is 1. The van der Waals surface area contributed by atoms with Gasteiger partial charge in [0.2, 0.25) is 0 Å². The molecule has 0 aliphatic rings. The Kier molecular flexibility index (Phi) is 6.76. The predicted molar refractivity (Wildman–Crippen MR) is 120 cm³/mol. The van der Waals surface area contributed by atoms with Gasteiger partial charge in [0.25, 0.3) is 0 Å². The quantitative estimate of drug-likeness (QED) is 0.353. The van der Waals surface area contributed by atoms with E-state index in [1.807, 2.05) is 42.6 Å². The van der Waals surface area contributed by atoms with Gasteiger partial charge in [0.1, 0.15) is 24.3 Å². The van der Waals surface area contributed by atoms with E-state index in [1.54, 1.807) is 30.3 Å². The lowest BCUT2D eigenvalue weighted by Gasteiger charge is -2.10. The lowest BCUT2D eigenvalue weighted by Crippen LogP contribution is -2.06. The van der Waals surface area contributed by atoms with Gasteiger partial charge in [-0.2, -0.15) is 5.10 Å². The van der Waals surface area contributed by atoms with Crippen LogP contribution in [0.25, 0.3) is 10.6 Å². The van der Waals surface area contributed by atoms with Crippen LogP contribution in [0.2, 0.25) is 0 Å². The molecule has 2 aromatic carbocycles. The molecule has 0 fully saturated rings. The molecule has 0 radical (unpaired) electrons. The maximum Gasteiger partial charge on any atom is 0.338 e. The average molecular weight is 451 g/mol. The fourth-order valence-electron chi connectivity index (χ4n) is 3.05. The number of rotatable bonds is 9. The lowest BCUT2D eigenvalue weighted by molar-refractivity contribution is 0.0468. The van der Waals surface area contributed by atoms with Crippen LogP contribution < -0.4 is 9.47 Å². The summed E-state index contributed by atoms with van der Waals surface area (Å²) in [7, 11) is 1.61. The predicted octanol–water partition coefficient (Wildman–Crippen LogP) is 4.21. The second-order valence-corrected chi connectivity index (χ2v) is 7.67. The number of hydrogen-bond acceptors (Lipinski definition) is 8. The van der Waals surface area contributed by atoms with Crippen molar-refractivity contribution in [3.05, 3.63) is 77.3 Å². The summed E-state index contributed by atoms with van der Waals surface area (Å²) in [5, 5.41) is 6.77. The van der Waals surface area contributed by atoms with Gasteiger partial charge in [-0.1, -0.05) is 12.1 Å². The highest BCUT2D eigenvalue weighted by Crippen LogP contribution is 2.33. The molecule has 0 saturated carbocycles. The molecule has 0 unspecified atom stereocenters. The standard InChI is InChI=1S/C23H22N4O4S/c1-3-30-20-9-8-18(10-21(20)29-2)22-26-19(13-32-22)12-31-23(28)17-6-4-16(5-7-17)11-27-15-24-14-25-27/h4-10,13-15H,3,11-12H2,1-2H3. The van der Waals surface area contributed by atoms with E-state index in [-0.39, 0.29) is 6.61 Å². The molecule has 0 atom stereocenters. The first-order valence-corrected chi connectivity index (χ1v) is 10.9. The molecule has 0 amide bonds. The van der Waals surface area contributed by atoms with Gasteiger partial charge in [-0.05, 0) is 42.8 Å². The molecule has 164 valence electrons. The summed E-state index contributed by atoms with van der Waals surface area (Å²) < 4.78 is 18.1. The number of esters is 1. The van der Waals surface area contributed by atoms with Crippen molar-refractivity contribution in [2.45, 2.75) is 20.1 Å². The van der Waals surface area contributed by atoms with Crippen LogP contribution >= 0.6 is 11.3 Å². The Hall–Kier alpha value is -3.72. The summed E-state index contributed by atoms with van der Waals surface area (Å²) in [6.45, 7) is 3.18. The molecular weight excluding hydrogens is 428 g/mol. The topological polar surface area (TPSA) is 88.4 Å². The van der Waals surface area contributed by atoms with Crippen LogP contribution in [0.3, 0.4) is 0 Å². The van der Waals surface area contributed by atoms with Gasteiger partial charge < -0.3 is 14.2 Å². The van der Waals surface area contributed by atoms with Crippen LogP contribution in [0.15, 0.2) is 60.5 Å². The van der Waals surface area contributed by atoms with Crippen molar-refractivity contribution in [2.75, 3.05) is 13.7 Å². The van der Waals surface area contributed by atoms with Crippen LogP contribution in [0.1, 0.15) is 28.5 Å². The summed E-state index contributed by atoms with van der Waals surface area (Å²) in [4.78, 5) is 20.9. The van der Waals surface area contributed by atoms with Crippen molar-refractivity contribution in [1.82, 2.24) is 19.7 Å². The van der Waals surface area contributed by atoms with E-state index in [0.29, 0.717) is 35.9 Å². The van der Waals surface area contributed by atoms with Crippen LogP contribution in [0, 0.1) is 0 Å². The third kappa shape index (κ3) is 5.12. The number of nitrogens with zero attached hydrogens (tertiary/aromatic N) is 4. The van der Waals surface area contributed by atoms with Crippen LogP contribution in [0.5, 0.6) is 11.5 Å². The highest BCUT2D eigenvalue weighted by atomic mass is 32.1. The molecule has 32 heavy (non-hydrogen) atoms. The first-order chi connectivity index (χ1) is 15.7. The van der Waals surface area contributed by atoms with Crippen LogP contribution in [-0.2, 0) is 17.9 Å². The first-order valence-electron chi connectivity index (χ1n) is 10.0. The zero-order valence-corrected chi connectivity index (χ0v) is 18.5. The SMILES string of the molecule is CCOc1ccc(-c2nc(COC(=O)c3ccc(Cn4cncn4)cc3)cs2)cc1OC. The van der Waals surface area contributed by atoms with E-state index in [0.717, 1.165) is 16.1 Å².